The van der Waals surface area contributed by atoms with Crippen molar-refractivity contribution >= 4 is 31.9 Å². The van der Waals surface area contributed by atoms with Gasteiger partial charge in [0.15, 0.2) is 0 Å². The number of hydrogen-bond acceptors (Lipinski definition) is 2. The maximum absolute atomic E-state index is 6.04. The molecule has 6 unspecified atom stereocenters. The van der Waals surface area contributed by atoms with Crippen LogP contribution < -0.4 is 11.5 Å². The Bertz CT molecular complexity index is 226. The van der Waals surface area contributed by atoms with Gasteiger partial charge in [-0.3, -0.25) is 0 Å². The van der Waals surface area contributed by atoms with Gasteiger partial charge in [0.1, 0.15) is 0 Å². The lowest BCUT2D eigenvalue weighted by Crippen LogP contribution is -2.39. The standard InChI is InChI=1S/C13H24Br2N2/c14-10-6-8(1-3-12(10)16)5-9-2-4-13(17)11(15)7-9/h8-13H,1-7,16-17H2. The van der Waals surface area contributed by atoms with Gasteiger partial charge < -0.3 is 11.5 Å². The summed E-state index contributed by atoms with van der Waals surface area (Å²) < 4.78 is 0. The van der Waals surface area contributed by atoms with Crippen LogP contribution in [0.2, 0.25) is 0 Å². The summed E-state index contributed by atoms with van der Waals surface area (Å²) in [5, 5.41) is 0. The molecule has 4 N–H and O–H groups in total. The molecular formula is C13H24Br2N2. The third-order valence-electron chi connectivity index (χ3n) is 4.53. The highest BCUT2D eigenvalue weighted by atomic mass is 79.9. The molecule has 0 aromatic rings. The van der Waals surface area contributed by atoms with E-state index >= 15 is 0 Å². The first kappa shape index (κ1) is 14.3. The van der Waals surface area contributed by atoms with Gasteiger partial charge in [-0.1, -0.05) is 31.9 Å². The molecule has 2 aliphatic carbocycles. The predicted molar refractivity (Wildman–Crippen MR) is 80.7 cm³/mol. The van der Waals surface area contributed by atoms with E-state index in [0.29, 0.717) is 21.7 Å². The minimum Gasteiger partial charge on any atom is -0.327 e. The molecule has 0 saturated heterocycles. The molecule has 2 rings (SSSR count). The van der Waals surface area contributed by atoms with Crippen molar-refractivity contribution in [2.75, 3.05) is 0 Å². The van der Waals surface area contributed by atoms with Gasteiger partial charge in [-0.25, -0.2) is 0 Å². The van der Waals surface area contributed by atoms with Gasteiger partial charge in [0, 0.05) is 21.7 Å². The van der Waals surface area contributed by atoms with Crippen molar-refractivity contribution in [1.29, 1.82) is 0 Å². The van der Waals surface area contributed by atoms with Crippen LogP contribution in [0.4, 0.5) is 0 Å². The molecule has 0 aromatic heterocycles. The molecule has 0 aliphatic heterocycles. The fourth-order valence-corrected chi connectivity index (χ4v) is 4.93. The van der Waals surface area contributed by atoms with Crippen LogP contribution in [0.3, 0.4) is 0 Å². The summed E-state index contributed by atoms with van der Waals surface area (Å²) >= 11 is 7.45. The fraction of sp³-hybridized carbons (Fsp3) is 1.00. The smallest absolute Gasteiger partial charge is 0.0299 e. The SMILES string of the molecule is NC1CCC(CC2CCC(N)C(Br)C2)CC1Br. The zero-order valence-electron chi connectivity index (χ0n) is 10.3. The van der Waals surface area contributed by atoms with Crippen molar-refractivity contribution in [3.05, 3.63) is 0 Å². The molecule has 0 spiro atoms. The lowest BCUT2D eigenvalue weighted by molar-refractivity contribution is 0.234. The van der Waals surface area contributed by atoms with Crippen LogP contribution in [0.1, 0.15) is 44.9 Å². The fourth-order valence-electron chi connectivity index (χ4n) is 3.34. The Kier molecular flexibility index (Phi) is 5.34. The second kappa shape index (κ2) is 6.36. The molecule has 2 aliphatic rings. The van der Waals surface area contributed by atoms with E-state index < -0.39 is 0 Å². The zero-order valence-corrected chi connectivity index (χ0v) is 13.5. The van der Waals surface area contributed by atoms with Gasteiger partial charge in [-0.05, 0) is 56.8 Å². The summed E-state index contributed by atoms with van der Waals surface area (Å²) in [5.41, 5.74) is 12.1. The quantitative estimate of drug-likeness (QED) is 0.736. The van der Waals surface area contributed by atoms with Crippen molar-refractivity contribution in [3.8, 4) is 0 Å². The van der Waals surface area contributed by atoms with Gasteiger partial charge in [-0.2, -0.15) is 0 Å². The monoisotopic (exact) mass is 366 g/mol. The summed E-state index contributed by atoms with van der Waals surface area (Å²) in [5.74, 6) is 1.75. The van der Waals surface area contributed by atoms with E-state index in [1.54, 1.807) is 0 Å². The van der Waals surface area contributed by atoms with Gasteiger partial charge in [0.2, 0.25) is 0 Å². The zero-order chi connectivity index (χ0) is 12.4. The highest BCUT2D eigenvalue weighted by Crippen LogP contribution is 2.38. The summed E-state index contributed by atoms with van der Waals surface area (Å²) in [6, 6.07) is 0.741. The van der Waals surface area contributed by atoms with Crippen LogP contribution in [-0.4, -0.2) is 21.7 Å². The van der Waals surface area contributed by atoms with Crippen LogP contribution >= 0.6 is 31.9 Å². The van der Waals surface area contributed by atoms with Gasteiger partial charge in [0.25, 0.3) is 0 Å². The average molecular weight is 368 g/mol. The molecule has 2 saturated carbocycles. The maximum Gasteiger partial charge on any atom is 0.0299 e. The van der Waals surface area contributed by atoms with Crippen LogP contribution in [0.25, 0.3) is 0 Å². The van der Waals surface area contributed by atoms with Gasteiger partial charge >= 0.3 is 0 Å². The molecule has 100 valence electrons. The topological polar surface area (TPSA) is 52.0 Å². The van der Waals surface area contributed by atoms with E-state index in [-0.39, 0.29) is 0 Å². The first-order valence-corrected chi connectivity index (χ1v) is 8.68. The van der Waals surface area contributed by atoms with Crippen molar-refractivity contribution in [3.63, 3.8) is 0 Å². The Balaban J connectivity index is 1.78. The molecule has 2 nitrogen and oxygen atoms in total. The summed E-state index contributed by atoms with van der Waals surface area (Å²) in [6.07, 6.45) is 8.91. The highest BCUT2D eigenvalue weighted by Gasteiger charge is 2.31. The van der Waals surface area contributed by atoms with Gasteiger partial charge in [0.05, 0.1) is 0 Å². The third-order valence-corrected chi connectivity index (χ3v) is 6.64. The second-order valence-corrected chi connectivity index (χ2v) is 8.31. The second-order valence-electron chi connectivity index (χ2n) is 5.95. The number of rotatable bonds is 2. The maximum atomic E-state index is 6.04. The van der Waals surface area contributed by atoms with E-state index in [9.17, 15) is 0 Å². The molecule has 0 bridgehead atoms. The largest absolute Gasteiger partial charge is 0.327 e. The first-order chi connectivity index (χ1) is 8.06. The number of alkyl halides is 2. The number of nitrogens with two attached hydrogens (primary N) is 2. The Labute approximate surface area is 122 Å². The van der Waals surface area contributed by atoms with Crippen molar-refractivity contribution in [1.82, 2.24) is 0 Å². The van der Waals surface area contributed by atoms with Gasteiger partial charge in [-0.15, -0.1) is 0 Å². The van der Waals surface area contributed by atoms with E-state index in [1.807, 2.05) is 0 Å². The van der Waals surface area contributed by atoms with Crippen molar-refractivity contribution in [2.24, 2.45) is 23.3 Å². The minimum atomic E-state index is 0.370. The predicted octanol–water partition coefficient (Wildman–Crippen LogP) is 3.16. The molecule has 0 amide bonds. The van der Waals surface area contributed by atoms with E-state index in [0.717, 1.165) is 11.8 Å². The van der Waals surface area contributed by atoms with Crippen molar-refractivity contribution in [2.45, 2.75) is 66.7 Å². The summed E-state index contributed by atoms with van der Waals surface area (Å²) in [4.78, 5) is 1.07. The molecule has 6 atom stereocenters. The minimum absolute atomic E-state index is 0.370. The van der Waals surface area contributed by atoms with Crippen LogP contribution in [0.15, 0.2) is 0 Å². The lowest BCUT2D eigenvalue weighted by atomic mass is 9.76. The molecule has 0 heterocycles. The van der Waals surface area contributed by atoms with E-state index in [2.05, 4.69) is 31.9 Å². The Morgan fingerprint density at radius 1 is 0.765 bits per heavy atom. The van der Waals surface area contributed by atoms with E-state index in [4.69, 9.17) is 11.5 Å². The molecular weight excluding hydrogens is 344 g/mol. The van der Waals surface area contributed by atoms with Crippen LogP contribution in [0, 0.1) is 11.8 Å². The first-order valence-electron chi connectivity index (χ1n) is 6.85. The Hall–Kier alpha value is 0.880. The molecule has 4 heteroatoms. The average Bonchev–Trinajstić information content (AvgIpc) is 2.29. The van der Waals surface area contributed by atoms with E-state index in [1.165, 1.54) is 44.9 Å². The summed E-state index contributed by atoms with van der Waals surface area (Å²) in [7, 11) is 0. The number of hydrogen-bond donors (Lipinski definition) is 2. The Morgan fingerprint density at radius 2 is 1.18 bits per heavy atom. The third kappa shape index (κ3) is 3.92. The number of halogens is 2. The normalized spacial score (nSPS) is 48.0. The van der Waals surface area contributed by atoms with Crippen LogP contribution in [0.5, 0.6) is 0 Å². The lowest BCUT2D eigenvalue weighted by Gasteiger charge is -2.36. The van der Waals surface area contributed by atoms with Crippen molar-refractivity contribution < 1.29 is 0 Å². The molecule has 17 heavy (non-hydrogen) atoms. The Morgan fingerprint density at radius 3 is 1.53 bits per heavy atom. The highest BCUT2D eigenvalue weighted by molar-refractivity contribution is 9.09. The molecule has 0 radical (unpaired) electrons. The molecule has 0 aromatic carbocycles. The molecule has 2 fully saturated rings. The van der Waals surface area contributed by atoms with Crippen LogP contribution in [-0.2, 0) is 0 Å². The summed E-state index contributed by atoms with van der Waals surface area (Å²) in [6.45, 7) is 0.